The summed E-state index contributed by atoms with van der Waals surface area (Å²) in [7, 11) is 4.86. The Morgan fingerprint density at radius 3 is 2.48 bits per heavy atom. The topological polar surface area (TPSA) is 70.2 Å². The molecule has 0 saturated carbocycles. The van der Waals surface area contributed by atoms with Crippen LogP contribution in [0, 0.1) is 0 Å². The number of nitrogens with zero attached hydrogens (tertiary/aromatic N) is 3. The summed E-state index contributed by atoms with van der Waals surface area (Å²) < 4.78 is 5.30. The van der Waals surface area contributed by atoms with E-state index in [9.17, 15) is 14.4 Å². The van der Waals surface area contributed by atoms with Crippen molar-refractivity contribution in [2.75, 3.05) is 40.8 Å². The summed E-state index contributed by atoms with van der Waals surface area (Å²) in [5.74, 6) is 0.231. The van der Waals surface area contributed by atoms with Gasteiger partial charge < -0.3 is 19.4 Å². The van der Waals surface area contributed by atoms with Crippen molar-refractivity contribution in [1.29, 1.82) is 0 Å². The molecule has 1 heterocycles. The molecule has 0 aliphatic carbocycles. The Hall–Kier alpha value is -2.57. The molecular weight excluding hydrogens is 322 g/mol. The van der Waals surface area contributed by atoms with Gasteiger partial charge in [-0.1, -0.05) is 18.2 Å². The molecule has 1 atom stereocenters. The van der Waals surface area contributed by atoms with Crippen LogP contribution in [-0.4, -0.2) is 79.3 Å². The van der Waals surface area contributed by atoms with Gasteiger partial charge in [0.1, 0.15) is 11.8 Å². The second-order valence-corrected chi connectivity index (χ2v) is 6.29. The van der Waals surface area contributed by atoms with Crippen LogP contribution in [-0.2, 0) is 20.8 Å². The average Bonchev–Trinajstić information content (AvgIpc) is 2.60. The van der Waals surface area contributed by atoms with Gasteiger partial charge in [0, 0.05) is 39.7 Å². The normalized spacial score (nSPS) is 17.2. The van der Waals surface area contributed by atoms with Gasteiger partial charge in [0.2, 0.25) is 17.7 Å². The molecule has 25 heavy (non-hydrogen) atoms. The minimum Gasteiger partial charge on any atom is -0.496 e. The summed E-state index contributed by atoms with van der Waals surface area (Å²) in [6.07, 6.45) is 0.154. The van der Waals surface area contributed by atoms with Gasteiger partial charge in [0.25, 0.3) is 0 Å². The number of hydrogen-bond acceptors (Lipinski definition) is 4. The fraction of sp³-hybridized carbons (Fsp3) is 0.500. The predicted octanol–water partition coefficient (Wildman–Crippen LogP) is 0.385. The number of benzene rings is 1. The molecule has 3 amide bonds. The van der Waals surface area contributed by atoms with E-state index in [4.69, 9.17) is 4.74 Å². The molecule has 1 saturated heterocycles. The first-order chi connectivity index (χ1) is 11.8. The molecule has 1 aliphatic rings. The average molecular weight is 347 g/mol. The fourth-order valence-corrected chi connectivity index (χ4v) is 2.99. The van der Waals surface area contributed by atoms with Crippen LogP contribution in [0.1, 0.15) is 12.5 Å². The molecule has 1 aliphatic heterocycles. The van der Waals surface area contributed by atoms with Gasteiger partial charge in [-0.15, -0.1) is 0 Å². The monoisotopic (exact) mass is 347 g/mol. The van der Waals surface area contributed by atoms with E-state index in [2.05, 4.69) is 0 Å². The van der Waals surface area contributed by atoms with Gasteiger partial charge in [0.05, 0.1) is 20.1 Å². The third kappa shape index (κ3) is 4.29. The van der Waals surface area contributed by atoms with Gasteiger partial charge in [-0.2, -0.15) is 0 Å². The van der Waals surface area contributed by atoms with Gasteiger partial charge in [-0.3, -0.25) is 14.4 Å². The Bertz CT molecular complexity index is 659. The van der Waals surface area contributed by atoms with Crippen LogP contribution >= 0.6 is 0 Å². The zero-order valence-electron chi connectivity index (χ0n) is 15.2. The third-order valence-electron chi connectivity index (χ3n) is 4.41. The molecule has 136 valence electrons. The Morgan fingerprint density at radius 2 is 1.88 bits per heavy atom. The van der Waals surface area contributed by atoms with Crippen molar-refractivity contribution in [3.8, 4) is 5.75 Å². The lowest BCUT2D eigenvalue weighted by Gasteiger charge is -2.41. The van der Waals surface area contributed by atoms with Gasteiger partial charge >= 0.3 is 0 Å². The van der Waals surface area contributed by atoms with Gasteiger partial charge in [-0.25, -0.2) is 0 Å². The van der Waals surface area contributed by atoms with E-state index in [1.54, 1.807) is 37.1 Å². The van der Waals surface area contributed by atoms with E-state index in [1.165, 1.54) is 11.8 Å². The van der Waals surface area contributed by atoms with E-state index in [0.29, 0.717) is 18.8 Å². The highest BCUT2D eigenvalue weighted by Gasteiger charge is 2.36. The van der Waals surface area contributed by atoms with Crippen LogP contribution in [0.5, 0.6) is 5.75 Å². The molecule has 0 radical (unpaired) electrons. The summed E-state index contributed by atoms with van der Waals surface area (Å²) >= 11 is 0. The number of rotatable bonds is 4. The van der Waals surface area contributed by atoms with Crippen molar-refractivity contribution in [3.05, 3.63) is 29.8 Å². The lowest BCUT2D eigenvalue weighted by Crippen LogP contribution is -2.61. The van der Waals surface area contributed by atoms with E-state index in [1.807, 2.05) is 18.2 Å². The second kappa shape index (κ2) is 8.00. The lowest BCUT2D eigenvalue weighted by atomic mass is 10.1. The summed E-state index contributed by atoms with van der Waals surface area (Å²) in [5, 5.41) is 0. The van der Waals surface area contributed by atoms with E-state index < -0.39 is 6.04 Å². The maximum absolute atomic E-state index is 12.8. The number of ether oxygens (including phenoxy) is 1. The first kappa shape index (κ1) is 18.8. The number of amides is 3. The summed E-state index contributed by atoms with van der Waals surface area (Å²) in [4.78, 5) is 41.7. The SMILES string of the molecule is COc1ccccc1CC(=O)N1CCN(C(C)=O)C[C@H]1C(=O)N(C)C. The van der Waals surface area contributed by atoms with E-state index in [0.717, 1.165) is 5.56 Å². The molecule has 1 aromatic rings. The molecule has 7 nitrogen and oxygen atoms in total. The van der Waals surface area contributed by atoms with Crippen LogP contribution in [0.25, 0.3) is 0 Å². The quantitative estimate of drug-likeness (QED) is 0.790. The molecule has 0 unspecified atom stereocenters. The van der Waals surface area contributed by atoms with Crippen molar-refractivity contribution in [1.82, 2.24) is 14.7 Å². The largest absolute Gasteiger partial charge is 0.496 e. The minimum atomic E-state index is -0.658. The summed E-state index contributed by atoms with van der Waals surface area (Å²) in [6, 6.07) is 6.68. The Morgan fingerprint density at radius 1 is 1.20 bits per heavy atom. The van der Waals surface area contributed by atoms with Crippen molar-refractivity contribution in [2.45, 2.75) is 19.4 Å². The van der Waals surface area contributed by atoms with Crippen molar-refractivity contribution >= 4 is 17.7 Å². The predicted molar refractivity (Wildman–Crippen MR) is 93.1 cm³/mol. The molecule has 1 fully saturated rings. The van der Waals surface area contributed by atoms with Crippen LogP contribution < -0.4 is 4.74 Å². The Balaban J connectivity index is 2.20. The first-order valence-corrected chi connectivity index (χ1v) is 8.23. The van der Waals surface area contributed by atoms with Gasteiger partial charge in [0.15, 0.2) is 0 Å². The van der Waals surface area contributed by atoms with E-state index >= 15 is 0 Å². The second-order valence-electron chi connectivity index (χ2n) is 6.29. The molecule has 2 rings (SSSR count). The number of carbonyl (C=O) groups is 3. The van der Waals surface area contributed by atoms with Crippen molar-refractivity contribution in [3.63, 3.8) is 0 Å². The molecule has 0 bridgehead atoms. The molecule has 0 N–H and O–H groups in total. The van der Waals surface area contributed by atoms with E-state index in [-0.39, 0.29) is 30.7 Å². The molecular formula is C18H25N3O4. The highest BCUT2D eigenvalue weighted by molar-refractivity contribution is 5.89. The maximum atomic E-state index is 12.8. The number of methoxy groups -OCH3 is 1. The Labute approximate surface area is 148 Å². The number of piperazine rings is 1. The molecule has 7 heteroatoms. The van der Waals surface area contributed by atoms with Crippen molar-refractivity contribution < 1.29 is 19.1 Å². The molecule has 0 aromatic heterocycles. The van der Waals surface area contributed by atoms with Gasteiger partial charge in [-0.05, 0) is 6.07 Å². The zero-order chi connectivity index (χ0) is 18.6. The number of hydrogen-bond donors (Lipinski definition) is 0. The standard InChI is InChI=1S/C18H25N3O4/c1-13(22)20-9-10-21(15(12-20)18(24)19(2)3)17(23)11-14-7-5-6-8-16(14)25-4/h5-8,15H,9-12H2,1-4H3/t15-/m0/s1. The number of carbonyl (C=O) groups excluding carboxylic acids is 3. The molecule has 1 aromatic carbocycles. The minimum absolute atomic E-state index is 0.0895. The highest BCUT2D eigenvalue weighted by Crippen LogP contribution is 2.20. The highest BCUT2D eigenvalue weighted by atomic mass is 16.5. The lowest BCUT2D eigenvalue weighted by molar-refractivity contribution is -0.150. The van der Waals surface area contributed by atoms with Crippen LogP contribution in [0.2, 0.25) is 0 Å². The van der Waals surface area contributed by atoms with Crippen LogP contribution in [0.15, 0.2) is 24.3 Å². The number of para-hydroxylation sites is 1. The smallest absolute Gasteiger partial charge is 0.246 e. The van der Waals surface area contributed by atoms with Crippen LogP contribution in [0.4, 0.5) is 0 Å². The third-order valence-corrected chi connectivity index (χ3v) is 4.41. The van der Waals surface area contributed by atoms with Crippen LogP contribution in [0.3, 0.4) is 0 Å². The zero-order valence-corrected chi connectivity index (χ0v) is 15.2. The maximum Gasteiger partial charge on any atom is 0.246 e. The Kier molecular flexibility index (Phi) is 6.01. The molecule has 0 spiro atoms. The fourth-order valence-electron chi connectivity index (χ4n) is 2.99. The number of likely N-dealkylation sites (N-methyl/N-ethyl adjacent to an activating group) is 1. The summed E-state index contributed by atoms with van der Waals surface area (Å²) in [5.41, 5.74) is 0.778. The van der Waals surface area contributed by atoms with Crippen molar-refractivity contribution in [2.24, 2.45) is 0 Å². The summed E-state index contributed by atoms with van der Waals surface area (Å²) in [6.45, 7) is 2.48. The first-order valence-electron chi connectivity index (χ1n) is 8.23.